The first-order valence-corrected chi connectivity index (χ1v) is 5.10. The van der Waals surface area contributed by atoms with Gasteiger partial charge in [0, 0.05) is 10.6 Å². The largest absolute Gasteiger partial charge is 0.494 e. The standard InChI is InChI=1S/C10H11Cl2NO/c1-2-3-9(12)4-8-5-14-6-10(8)13-7-11/h2-5H,6-7H2,1H3/b3-2-,9-4+,13-10?. The molecule has 76 valence electrons. The molecule has 0 unspecified atom stereocenters. The summed E-state index contributed by atoms with van der Waals surface area (Å²) in [5, 5.41) is 0.645. The summed E-state index contributed by atoms with van der Waals surface area (Å²) in [6.07, 6.45) is 7.11. The molecule has 0 spiro atoms. The minimum absolute atomic E-state index is 0.241. The first-order valence-electron chi connectivity index (χ1n) is 4.19. The van der Waals surface area contributed by atoms with Crippen LogP contribution in [0.4, 0.5) is 0 Å². The Morgan fingerprint density at radius 3 is 3.14 bits per heavy atom. The highest BCUT2D eigenvalue weighted by molar-refractivity contribution is 6.31. The lowest BCUT2D eigenvalue weighted by Crippen LogP contribution is -2.01. The van der Waals surface area contributed by atoms with E-state index in [0.717, 1.165) is 11.3 Å². The topological polar surface area (TPSA) is 21.6 Å². The minimum atomic E-state index is 0.241. The smallest absolute Gasteiger partial charge is 0.130 e. The van der Waals surface area contributed by atoms with Crippen molar-refractivity contribution in [3.05, 3.63) is 35.1 Å². The molecular weight excluding hydrogens is 221 g/mol. The van der Waals surface area contributed by atoms with E-state index < -0.39 is 0 Å². The van der Waals surface area contributed by atoms with Crippen LogP contribution < -0.4 is 0 Å². The third-order valence-electron chi connectivity index (χ3n) is 1.63. The number of aliphatic imine (C=N–C) groups is 1. The van der Waals surface area contributed by atoms with Crippen LogP contribution in [0.3, 0.4) is 0 Å². The van der Waals surface area contributed by atoms with E-state index in [9.17, 15) is 0 Å². The molecule has 1 aliphatic heterocycles. The number of hydrogen-bond acceptors (Lipinski definition) is 2. The Kier molecular flexibility index (Phi) is 4.77. The number of ether oxygens (including phenoxy) is 1. The highest BCUT2D eigenvalue weighted by atomic mass is 35.5. The molecule has 2 nitrogen and oxygen atoms in total. The molecule has 1 heterocycles. The van der Waals surface area contributed by atoms with E-state index in [1.54, 1.807) is 18.4 Å². The van der Waals surface area contributed by atoms with Crippen LogP contribution in [0.2, 0.25) is 0 Å². The van der Waals surface area contributed by atoms with Crippen LogP contribution in [-0.2, 0) is 4.74 Å². The highest BCUT2D eigenvalue weighted by Crippen LogP contribution is 2.15. The fraction of sp³-hybridized carbons (Fsp3) is 0.300. The molecular formula is C10H11Cl2NO. The van der Waals surface area contributed by atoms with Crippen molar-refractivity contribution in [2.45, 2.75) is 6.92 Å². The molecule has 0 N–H and O–H groups in total. The van der Waals surface area contributed by atoms with Crippen LogP contribution in [0, 0.1) is 0 Å². The van der Waals surface area contributed by atoms with E-state index in [0.29, 0.717) is 11.6 Å². The van der Waals surface area contributed by atoms with Gasteiger partial charge in [0.2, 0.25) is 0 Å². The molecule has 0 aromatic carbocycles. The number of hydrogen-bond donors (Lipinski definition) is 0. The number of nitrogens with zero attached hydrogens (tertiary/aromatic N) is 1. The number of halogens is 2. The van der Waals surface area contributed by atoms with Gasteiger partial charge in [0.15, 0.2) is 0 Å². The number of alkyl halides is 1. The summed E-state index contributed by atoms with van der Waals surface area (Å²) >= 11 is 11.4. The average molecular weight is 232 g/mol. The average Bonchev–Trinajstić information content (AvgIpc) is 2.54. The number of allylic oxidation sites excluding steroid dienone is 4. The molecule has 0 bridgehead atoms. The zero-order valence-electron chi connectivity index (χ0n) is 7.84. The van der Waals surface area contributed by atoms with Crippen LogP contribution in [0.15, 0.2) is 40.1 Å². The minimum Gasteiger partial charge on any atom is -0.494 e. The maximum Gasteiger partial charge on any atom is 0.130 e. The van der Waals surface area contributed by atoms with Gasteiger partial charge in [-0.1, -0.05) is 17.7 Å². The zero-order valence-corrected chi connectivity index (χ0v) is 9.35. The molecule has 14 heavy (non-hydrogen) atoms. The first-order chi connectivity index (χ1) is 6.77. The second kappa shape index (κ2) is 5.89. The van der Waals surface area contributed by atoms with Crippen molar-refractivity contribution in [1.29, 1.82) is 0 Å². The molecule has 0 saturated carbocycles. The van der Waals surface area contributed by atoms with E-state index in [-0.39, 0.29) is 6.00 Å². The molecule has 1 rings (SSSR count). The second-order valence-electron chi connectivity index (χ2n) is 2.64. The Balaban J connectivity index is 2.78. The molecule has 0 aromatic heterocycles. The van der Waals surface area contributed by atoms with Gasteiger partial charge in [0.05, 0.1) is 12.0 Å². The van der Waals surface area contributed by atoms with Crippen LogP contribution in [-0.4, -0.2) is 18.3 Å². The van der Waals surface area contributed by atoms with Gasteiger partial charge in [-0.15, -0.1) is 11.6 Å². The Hall–Kier alpha value is -0.730. The normalized spacial score (nSPS) is 20.4. The van der Waals surface area contributed by atoms with Crippen LogP contribution in [0.5, 0.6) is 0 Å². The molecule has 0 fully saturated rings. The fourth-order valence-corrected chi connectivity index (χ4v) is 1.43. The van der Waals surface area contributed by atoms with Crippen LogP contribution >= 0.6 is 23.2 Å². The maximum atomic E-state index is 5.92. The summed E-state index contributed by atoms with van der Waals surface area (Å²) in [6.45, 7) is 2.38. The van der Waals surface area contributed by atoms with Crippen molar-refractivity contribution in [3.63, 3.8) is 0 Å². The van der Waals surface area contributed by atoms with Crippen molar-refractivity contribution in [2.24, 2.45) is 4.99 Å². The molecule has 0 amide bonds. The van der Waals surface area contributed by atoms with Crippen molar-refractivity contribution in [1.82, 2.24) is 0 Å². The SMILES string of the molecule is C/C=C\C(Cl)=C/C1=COCC1=NCCl. The van der Waals surface area contributed by atoms with E-state index in [2.05, 4.69) is 4.99 Å². The fourth-order valence-electron chi connectivity index (χ4n) is 1.04. The molecule has 0 radical (unpaired) electrons. The summed E-state index contributed by atoms with van der Waals surface area (Å²) in [4.78, 5) is 4.08. The quantitative estimate of drug-likeness (QED) is 0.416. The Morgan fingerprint density at radius 2 is 2.50 bits per heavy atom. The molecule has 1 aliphatic rings. The Morgan fingerprint density at radius 1 is 1.71 bits per heavy atom. The third kappa shape index (κ3) is 3.20. The number of rotatable bonds is 3. The van der Waals surface area contributed by atoms with Gasteiger partial charge >= 0.3 is 0 Å². The van der Waals surface area contributed by atoms with Gasteiger partial charge in [-0.25, -0.2) is 0 Å². The highest BCUT2D eigenvalue weighted by Gasteiger charge is 2.11. The lowest BCUT2D eigenvalue weighted by molar-refractivity contribution is 0.315. The summed E-state index contributed by atoms with van der Waals surface area (Å²) in [6, 6.07) is 0.241. The predicted molar refractivity (Wildman–Crippen MR) is 60.9 cm³/mol. The van der Waals surface area contributed by atoms with Crippen LogP contribution in [0.25, 0.3) is 0 Å². The van der Waals surface area contributed by atoms with Gasteiger partial charge in [0.1, 0.15) is 12.6 Å². The summed E-state index contributed by atoms with van der Waals surface area (Å²) in [5.41, 5.74) is 1.72. The van der Waals surface area contributed by atoms with Gasteiger partial charge < -0.3 is 4.74 Å². The van der Waals surface area contributed by atoms with Crippen molar-refractivity contribution in [2.75, 3.05) is 12.6 Å². The van der Waals surface area contributed by atoms with Crippen molar-refractivity contribution in [3.8, 4) is 0 Å². The van der Waals surface area contributed by atoms with Gasteiger partial charge in [-0.2, -0.15) is 0 Å². The Bertz CT molecular complexity index is 316. The lowest BCUT2D eigenvalue weighted by Gasteiger charge is -1.95. The Labute approximate surface area is 93.6 Å². The molecule has 0 atom stereocenters. The van der Waals surface area contributed by atoms with E-state index in [1.807, 2.05) is 13.0 Å². The van der Waals surface area contributed by atoms with Crippen molar-refractivity contribution >= 4 is 28.9 Å². The summed E-state index contributed by atoms with van der Waals surface area (Å²) in [5.74, 6) is 0. The first kappa shape index (κ1) is 11.3. The molecule has 0 saturated heterocycles. The van der Waals surface area contributed by atoms with E-state index in [4.69, 9.17) is 27.9 Å². The van der Waals surface area contributed by atoms with Gasteiger partial charge in [-0.05, 0) is 19.1 Å². The third-order valence-corrected chi connectivity index (χ3v) is 1.99. The van der Waals surface area contributed by atoms with Gasteiger partial charge in [0.25, 0.3) is 0 Å². The molecule has 0 aromatic rings. The van der Waals surface area contributed by atoms with E-state index >= 15 is 0 Å². The van der Waals surface area contributed by atoms with Crippen molar-refractivity contribution < 1.29 is 4.74 Å². The lowest BCUT2D eigenvalue weighted by atomic mass is 10.2. The molecule has 0 aliphatic carbocycles. The zero-order chi connectivity index (χ0) is 10.4. The van der Waals surface area contributed by atoms with E-state index in [1.165, 1.54) is 0 Å². The van der Waals surface area contributed by atoms with Crippen LogP contribution in [0.1, 0.15) is 6.92 Å². The maximum absolute atomic E-state index is 5.92. The predicted octanol–water partition coefficient (Wildman–Crippen LogP) is 3.24. The van der Waals surface area contributed by atoms with Gasteiger partial charge in [-0.3, -0.25) is 4.99 Å². The molecule has 4 heteroatoms. The summed E-state index contributed by atoms with van der Waals surface area (Å²) < 4.78 is 5.12. The second-order valence-corrected chi connectivity index (χ2v) is 3.31. The monoisotopic (exact) mass is 231 g/mol. The summed E-state index contributed by atoms with van der Waals surface area (Å²) in [7, 11) is 0.